The van der Waals surface area contributed by atoms with Crippen molar-refractivity contribution in [3.63, 3.8) is 0 Å². The molecule has 0 aromatic carbocycles. The number of carbonyl (C=O) groups is 1. The minimum Gasteiger partial charge on any atom is -0.346 e. The second kappa shape index (κ2) is 8.25. The lowest BCUT2D eigenvalue weighted by molar-refractivity contribution is 0.0948. The van der Waals surface area contributed by atoms with Crippen molar-refractivity contribution in [3.8, 4) is 6.07 Å². The Morgan fingerprint density at radius 3 is 3.08 bits per heavy atom. The molecule has 1 aliphatic rings. The summed E-state index contributed by atoms with van der Waals surface area (Å²) in [6.07, 6.45) is 12.5. The van der Waals surface area contributed by atoms with E-state index in [4.69, 9.17) is 5.26 Å². The van der Waals surface area contributed by atoms with E-state index in [9.17, 15) is 4.79 Å². The lowest BCUT2D eigenvalue weighted by Crippen LogP contribution is -2.24. The molecule has 6 nitrogen and oxygen atoms in total. The first-order valence-electron chi connectivity index (χ1n) is 8.06. The Morgan fingerprint density at radius 2 is 2.42 bits per heavy atom. The number of allylic oxidation sites excluding steroid dienone is 2. The molecule has 1 aromatic heterocycles. The molecule has 0 aliphatic heterocycles. The van der Waals surface area contributed by atoms with E-state index in [1.54, 1.807) is 6.21 Å². The minimum absolute atomic E-state index is 0.140. The van der Waals surface area contributed by atoms with Gasteiger partial charge in [-0.2, -0.15) is 5.26 Å². The number of aromatic nitrogens is 2. The van der Waals surface area contributed by atoms with E-state index < -0.39 is 0 Å². The van der Waals surface area contributed by atoms with E-state index in [-0.39, 0.29) is 17.4 Å². The molecule has 126 valence electrons. The SMILES string of the molecule is CC1(C)CC=C(CN=C/C=C\CNC(=O)c2ncc(C#N)[nH]2)CC1. The van der Waals surface area contributed by atoms with E-state index in [1.807, 2.05) is 18.2 Å². The summed E-state index contributed by atoms with van der Waals surface area (Å²) in [5.41, 5.74) is 2.09. The van der Waals surface area contributed by atoms with Crippen LogP contribution >= 0.6 is 0 Å². The highest BCUT2D eigenvalue weighted by Gasteiger charge is 2.20. The predicted molar refractivity (Wildman–Crippen MR) is 93.8 cm³/mol. The molecule has 1 aliphatic carbocycles. The summed E-state index contributed by atoms with van der Waals surface area (Å²) in [6, 6.07) is 1.89. The third-order valence-electron chi connectivity index (χ3n) is 3.98. The second-order valence-electron chi connectivity index (χ2n) is 6.62. The van der Waals surface area contributed by atoms with E-state index in [1.165, 1.54) is 18.2 Å². The maximum absolute atomic E-state index is 11.7. The molecule has 0 bridgehead atoms. The molecular weight excluding hydrogens is 302 g/mol. The number of nitrogens with one attached hydrogen (secondary N) is 2. The summed E-state index contributed by atoms with van der Waals surface area (Å²) in [5, 5.41) is 11.4. The van der Waals surface area contributed by atoms with Crippen LogP contribution in [0.15, 0.2) is 35.0 Å². The van der Waals surface area contributed by atoms with Crippen molar-refractivity contribution < 1.29 is 4.79 Å². The summed E-state index contributed by atoms with van der Waals surface area (Å²) in [7, 11) is 0. The maximum Gasteiger partial charge on any atom is 0.287 e. The number of imidazole rings is 1. The fraction of sp³-hybridized carbons (Fsp3) is 0.444. The molecule has 1 heterocycles. The Morgan fingerprint density at radius 1 is 1.58 bits per heavy atom. The van der Waals surface area contributed by atoms with Gasteiger partial charge in [0.2, 0.25) is 0 Å². The van der Waals surface area contributed by atoms with Gasteiger partial charge >= 0.3 is 0 Å². The molecule has 0 unspecified atom stereocenters. The Balaban J connectivity index is 1.67. The van der Waals surface area contributed by atoms with Crippen molar-refractivity contribution in [2.24, 2.45) is 10.4 Å². The van der Waals surface area contributed by atoms with E-state index >= 15 is 0 Å². The molecule has 6 heteroatoms. The average molecular weight is 325 g/mol. The van der Waals surface area contributed by atoms with Crippen LogP contribution in [0.25, 0.3) is 0 Å². The van der Waals surface area contributed by atoms with E-state index in [2.05, 4.69) is 40.2 Å². The summed E-state index contributed by atoms with van der Waals surface area (Å²) >= 11 is 0. The smallest absolute Gasteiger partial charge is 0.287 e. The van der Waals surface area contributed by atoms with Gasteiger partial charge in [0.05, 0.1) is 12.7 Å². The minimum atomic E-state index is -0.340. The number of aliphatic imine (C=N–C) groups is 1. The quantitative estimate of drug-likeness (QED) is 0.622. The number of rotatable bonds is 6. The molecule has 24 heavy (non-hydrogen) atoms. The van der Waals surface area contributed by atoms with Crippen LogP contribution in [0.4, 0.5) is 0 Å². The van der Waals surface area contributed by atoms with Gasteiger partial charge in [0, 0.05) is 12.8 Å². The highest BCUT2D eigenvalue weighted by Crippen LogP contribution is 2.33. The lowest BCUT2D eigenvalue weighted by Gasteiger charge is -2.28. The zero-order valence-electron chi connectivity index (χ0n) is 14.2. The van der Waals surface area contributed by atoms with Gasteiger partial charge in [-0.05, 0) is 30.8 Å². The normalized spacial score (nSPS) is 17.0. The van der Waals surface area contributed by atoms with Gasteiger partial charge in [-0.15, -0.1) is 0 Å². The molecule has 0 radical (unpaired) electrons. The monoisotopic (exact) mass is 325 g/mol. The van der Waals surface area contributed by atoms with Gasteiger partial charge in [-0.1, -0.05) is 31.6 Å². The zero-order chi connectivity index (χ0) is 17.4. The van der Waals surface area contributed by atoms with Crippen LogP contribution in [-0.2, 0) is 0 Å². The van der Waals surface area contributed by atoms with Gasteiger partial charge < -0.3 is 10.3 Å². The summed E-state index contributed by atoms with van der Waals surface area (Å²) in [5.74, 6) is -0.200. The Labute approximate surface area is 142 Å². The first-order chi connectivity index (χ1) is 11.5. The highest BCUT2D eigenvalue weighted by atomic mass is 16.2. The average Bonchev–Trinajstić information content (AvgIpc) is 3.04. The second-order valence-corrected chi connectivity index (χ2v) is 6.62. The number of nitrogens with zero attached hydrogens (tertiary/aromatic N) is 3. The Hall–Kier alpha value is -2.68. The predicted octanol–water partition coefficient (Wildman–Crippen LogP) is 2.77. The lowest BCUT2D eigenvalue weighted by atomic mass is 9.78. The summed E-state index contributed by atoms with van der Waals surface area (Å²) < 4.78 is 0. The Kier molecular flexibility index (Phi) is 6.07. The number of hydrogen-bond acceptors (Lipinski definition) is 4. The van der Waals surface area contributed by atoms with Crippen LogP contribution in [-0.4, -0.2) is 35.2 Å². The Bertz CT molecular complexity index is 703. The van der Waals surface area contributed by atoms with Crippen LogP contribution in [0.5, 0.6) is 0 Å². The summed E-state index contributed by atoms with van der Waals surface area (Å²) in [4.78, 5) is 22.6. The first kappa shape index (κ1) is 17.7. The van der Waals surface area contributed by atoms with Crippen LogP contribution in [0, 0.1) is 16.7 Å². The molecule has 1 amide bonds. The third kappa shape index (κ3) is 5.51. The molecule has 1 aromatic rings. The van der Waals surface area contributed by atoms with Crippen molar-refractivity contribution in [2.75, 3.05) is 13.1 Å². The third-order valence-corrected chi connectivity index (χ3v) is 3.98. The molecule has 2 rings (SSSR count). The fourth-order valence-electron chi connectivity index (χ4n) is 2.36. The van der Waals surface area contributed by atoms with Crippen LogP contribution in [0.1, 0.15) is 49.4 Å². The van der Waals surface area contributed by atoms with Gasteiger partial charge in [-0.3, -0.25) is 9.79 Å². The fourth-order valence-corrected chi connectivity index (χ4v) is 2.36. The van der Waals surface area contributed by atoms with E-state index in [0.717, 1.165) is 19.4 Å². The molecule has 0 saturated heterocycles. The summed E-state index contributed by atoms with van der Waals surface area (Å²) in [6.45, 7) is 5.72. The molecule has 0 fully saturated rings. The molecule has 0 atom stereocenters. The van der Waals surface area contributed by atoms with Crippen molar-refractivity contribution in [3.05, 3.63) is 41.5 Å². The van der Waals surface area contributed by atoms with E-state index in [0.29, 0.717) is 12.0 Å². The van der Waals surface area contributed by atoms with Crippen molar-refractivity contribution in [1.29, 1.82) is 5.26 Å². The standard InChI is InChI=1S/C18H23N5O/c1-18(2)7-5-14(6-8-18)12-20-9-3-4-10-21-17(24)16-22-13-15(11-19)23-16/h3-5,9,13H,6-8,10,12H2,1-2H3,(H,21,24)(H,22,23)/b4-3-,20-9?. The molecule has 2 N–H and O–H groups in total. The number of nitriles is 1. The number of H-pyrrole nitrogens is 1. The molecule has 0 saturated carbocycles. The largest absolute Gasteiger partial charge is 0.346 e. The number of carbonyl (C=O) groups excluding carboxylic acids is 1. The topological polar surface area (TPSA) is 93.9 Å². The first-order valence-corrected chi connectivity index (χ1v) is 8.06. The van der Waals surface area contributed by atoms with Crippen LogP contribution in [0.3, 0.4) is 0 Å². The van der Waals surface area contributed by atoms with Crippen molar-refractivity contribution >= 4 is 12.1 Å². The van der Waals surface area contributed by atoms with Crippen LogP contribution < -0.4 is 5.32 Å². The van der Waals surface area contributed by atoms with Crippen molar-refractivity contribution in [2.45, 2.75) is 33.1 Å². The maximum atomic E-state index is 11.7. The molecule has 0 spiro atoms. The van der Waals surface area contributed by atoms with Gasteiger partial charge in [0.1, 0.15) is 11.8 Å². The van der Waals surface area contributed by atoms with Gasteiger partial charge in [0.25, 0.3) is 5.91 Å². The molecular formula is C18H23N5O. The number of amides is 1. The van der Waals surface area contributed by atoms with Crippen molar-refractivity contribution in [1.82, 2.24) is 15.3 Å². The number of aromatic amines is 1. The highest BCUT2D eigenvalue weighted by molar-refractivity contribution is 5.90. The van der Waals surface area contributed by atoms with Gasteiger partial charge in [-0.25, -0.2) is 4.98 Å². The van der Waals surface area contributed by atoms with Crippen LogP contribution in [0.2, 0.25) is 0 Å². The number of hydrogen-bond donors (Lipinski definition) is 2. The zero-order valence-corrected chi connectivity index (χ0v) is 14.2. The van der Waals surface area contributed by atoms with Gasteiger partial charge in [0.15, 0.2) is 5.82 Å².